The Balaban J connectivity index is 1.65. The summed E-state index contributed by atoms with van der Waals surface area (Å²) in [5.74, 6) is 0. The number of benzene rings is 1. The molecule has 2 unspecified atom stereocenters. The Morgan fingerprint density at radius 2 is 1.32 bits per heavy atom. The Labute approximate surface area is 153 Å². The van der Waals surface area contributed by atoms with E-state index in [0.717, 1.165) is 25.9 Å². The van der Waals surface area contributed by atoms with Crippen LogP contribution in [-0.2, 0) is 0 Å². The third-order valence-corrected chi connectivity index (χ3v) is 6.72. The van der Waals surface area contributed by atoms with Gasteiger partial charge in [-0.05, 0) is 12.8 Å². The lowest BCUT2D eigenvalue weighted by molar-refractivity contribution is 0.419. The topological polar surface area (TPSA) is 24.1 Å². The van der Waals surface area contributed by atoms with E-state index in [-0.39, 0.29) is 10.8 Å². The molecule has 2 aliphatic rings. The Bertz CT molecular complexity index is 637. The van der Waals surface area contributed by atoms with Gasteiger partial charge in [-0.25, -0.2) is 0 Å². The van der Waals surface area contributed by atoms with Gasteiger partial charge < -0.3 is 0 Å². The Morgan fingerprint density at radius 3 is 1.76 bits per heavy atom. The summed E-state index contributed by atoms with van der Waals surface area (Å²) in [6.07, 6.45) is 20.0. The second kappa shape index (κ2) is 8.27. The minimum Gasteiger partial charge on any atom is -0.279 e. The molecular formula is C22H29N2P. The molecular weight excluding hydrogens is 323 g/mol. The molecule has 1 aromatic rings. The van der Waals surface area contributed by atoms with Crippen LogP contribution in [0, 0.1) is 10.8 Å². The Morgan fingerprint density at radius 1 is 0.800 bits per heavy atom. The summed E-state index contributed by atoms with van der Waals surface area (Å²) in [6, 6.07) is 10.8. The lowest BCUT2D eigenvalue weighted by atomic mass is 9.84. The van der Waals surface area contributed by atoms with Crippen molar-refractivity contribution in [1.82, 2.24) is 10.2 Å². The van der Waals surface area contributed by atoms with Gasteiger partial charge in [0.1, 0.15) is 0 Å². The summed E-state index contributed by atoms with van der Waals surface area (Å²) >= 11 is 0. The minimum absolute atomic E-state index is 0.198. The summed E-state index contributed by atoms with van der Waals surface area (Å²) in [4.78, 5) is 0. The minimum atomic E-state index is -0.585. The third kappa shape index (κ3) is 5.25. The average Bonchev–Trinajstić information content (AvgIpc) is 2.64. The zero-order valence-corrected chi connectivity index (χ0v) is 16.2. The zero-order chi connectivity index (χ0) is 17.6. The molecule has 0 aromatic heterocycles. The highest BCUT2D eigenvalue weighted by Gasteiger charge is 2.25. The third-order valence-electron chi connectivity index (χ3n) is 4.96. The fourth-order valence-electron chi connectivity index (χ4n) is 3.14. The molecule has 25 heavy (non-hydrogen) atoms. The number of hydrogen-bond acceptors (Lipinski definition) is 2. The van der Waals surface area contributed by atoms with Crippen LogP contribution in [0.5, 0.6) is 0 Å². The summed E-state index contributed by atoms with van der Waals surface area (Å²) in [7, 11) is -0.585. The fourth-order valence-corrected chi connectivity index (χ4v) is 5.13. The molecule has 0 bridgehead atoms. The van der Waals surface area contributed by atoms with Crippen LogP contribution in [0.4, 0.5) is 0 Å². The van der Waals surface area contributed by atoms with Crippen molar-refractivity contribution in [3.63, 3.8) is 0 Å². The van der Waals surface area contributed by atoms with E-state index in [1.165, 1.54) is 5.30 Å². The monoisotopic (exact) mass is 352 g/mol. The normalized spacial score (nSPS) is 29.0. The predicted molar refractivity (Wildman–Crippen MR) is 111 cm³/mol. The molecule has 1 aromatic carbocycles. The molecule has 0 saturated heterocycles. The summed E-state index contributed by atoms with van der Waals surface area (Å²) in [5, 5.41) is 9.02. The van der Waals surface area contributed by atoms with E-state index in [2.05, 4.69) is 103 Å². The molecule has 0 amide bonds. The Kier molecular flexibility index (Phi) is 6.06. The van der Waals surface area contributed by atoms with Crippen LogP contribution >= 0.6 is 8.22 Å². The van der Waals surface area contributed by atoms with Crippen LogP contribution in [0.15, 0.2) is 78.9 Å². The van der Waals surface area contributed by atoms with E-state index in [4.69, 9.17) is 0 Å². The first-order valence-corrected chi connectivity index (χ1v) is 10.4. The van der Waals surface area contributed by atoms with E-state index in [1.54, 1.807) is 0 Å². The van der Waals surface area contributed by atoms with Gasteiger partial charge in [-0.1, -0.05) is 92.8 Å². The molecule has 2 nitrogen and oxygen atoms in total. The zero-order valence-electron chi connectivity index (χ0n) is 15.3. The summed E-state index contributed by atoms with van der Waals surface area (Å²) in [6.45, 7) is 6.62. The maximum Gasteiger partial charge on any atom is 0.0668 e. The molecule has 0 heterocycles. The van der Waals surface area contributed by atoms with E-state index in [0.29, 0.717) is 0 Å². The maximum absolute atomic E-state index is 3.83. The smallest absolute Gasteiger partial charge is 0.0668 e. The molecule has 0 fully saturated rings. The number of nitrogens with one attached hydrogen (secondary N) is 2. The highest BCUT2D eigenvalue weighted by atomic mass is 31.1. The molecule has 132 valence electrons. The van der Waals surface area contributed by atoms with Crippen LogP contribution in [-0.4, -0.2) is 13.1 Å². The van der Waals surface area contributed by atoms with Crippen molar-refractivity contribution in [3.05, 3.63) is 78.9 Å². The summed E-state index contributed by atoms with van der Waals surface area (Å²) in [5.41, 5.74) is 0.395. The van der Waals surface area contributed by atoms with E-state index < -0.39 is 8.22 Å². The fraction of sp³-hybridized carbons (Fsp3) is 0.364. The van der Waals surface area contributed by atoms with Crippen LogP contribution in [0.2, 0.25) is 0 Å². The van der Waals surface area contributed by atoms with E-state index in [9.17, 15) is 0 Å². The van der Waals surface area contributed by atoms with Crippen molar-refractivity contribution in [2.45, 2.75) is 26.7 Å². The van der Waals surface area contributed by atoms with Gasteiger partial charge in [0.2, 0.25) is 0 Å². The first-order chi connectivity index (χ1) is 12.1. The van der Waals surface area contributed by atoms with Gasteiger partial charge in [0.05, 0.1) is 8.22 Å². The molecule has 3 rings (SSSR count). The van der Waals surface area contributed by atoms with Gasteiger partial charge in [0, 0.05) is 29.2 Å². The van der Waals surface area contributed by atoms with Gasteiger partial charge in [-0.15, -0.1) is 0 Å². The molecule has 0 aliphatic heterocycles. The van der Waals surface area contributed by atoms with Crippen molar-refractivity contribution in [2.24, 2.45) is 10.8 Å². The van der Waals surface area contributed by atoms with Gasteiger partial charge >= 0.3 is 0 Å². The highest BCUT2D eigenvalue weighted by Crippen LogP contribution is 2.33. The van der Waals surface area contributed by atoms with Crippen LogP contribution < -0.4 is 15.5 Å². The molecule has 3 heteroatoms. The van der Waals surface area contributed by atoms with Gasteiger partial charge in [-0.2, -0.15) is 0 Å². The molecule has 0 saturated carbocycles. The molecule has 0 spiro atoms. The van der Waals surface area contributed by atoms with Crippen molar-refractivity contribution in [2.75, 3.05) is 13.1 Å². The average molecular weight is 352 g/mol. The van der Waals surface area contributed by atoms with Crippen LogP contribution in [0.3, 0.4) is 0 Å². The highest BCUT2D eigenvalue weighted by molar-refractivity contribution is 7.61. The lowest BCUT2D eigenvalue weighted by Crippen LogP contribution is -2.37. The quantitative estimate of drug-likeness (QED) is 0.686. The van der Waals surface area contributed by atoms with Crippen molar-refractivity contribution in [1.29, 1.82) is 0 Å². The largest absolute Gasteiger partial charge is 0.279 e. The van der Waals surface area contributed by atoms with E-state index >= 15 is 0 Å². The molecule has 2 atom stereocenters. The SMILES string of the molecule is CC1(CNP(NCC2(C)C=CC=CC2)c2ccccc2)C=CC=CC1. The number of rotatable bonds is 7. The first kappa shape index (κ1) is 18.3. The van der Waals surface area contributed by atoms with Crippen molar-refractivity contribution >= 4 is 13.5 Å². The van der Waals surface area contributed by atoms with Crippen LogP contribution in [0.1, 0.15) is 26.7 Å². The van der Waals surface area contributed by atoms with Crippen LogP contribution in [0.25, 0.3) is 0 Å². The standard InChI is InChI=1S/C22H29N2P/c1-21(14-8-4-9-15-21)18-23-25(20-12-6-3-7-13-20)24-19-22(2)16-10-5-11-17-22/h3-14,16,23-24H,15,17-19H2,1-2H3. The number of allylic oxidation sites excluding steroid dienone is 6. The van der Waals surface area contributed by atoms with E-state index in [1.807, 2.05) is 0 Å². The second-order valence-corrected chi connectivity index (χ2v) is 9.45. The second-order valence-electron chi connectivity index (χ2n) is 7.63. The Hall–Kier alpha value is -1.47. The van der Waals surface area contributed by atoms with Crippen molar-refractivity contribution in [3.8, 4) is 0 Å². The first-order valence-electron chi connectivity index (χ1n) is 9.10. The maximum atomic E-state index is 3.83. The van der Waals surface area contributed by atoms with Gasteiger partial charge in [0.25, 0.3) is 0 Å². The predicted octanol–water partition coefficient (Wildman–Crippen LogP) is 4.85. The molecule has 0 radical (unpaired) electrons. The summed E-state index contributed by atoms with van der Waals surface area (Å²) < 4.78 is 0. The van der Waals surface area contributed by atoms with Gasteiger partial charge in [0.15, 0.2) is 0 Å². The lowest BCUT2D eigenvalue weighted by Gasteiger charge is -2.33. The molecule has 2 N–H and O–H groups in total. The number of hydrogen-bond donors (Lipinski definition) is 2. The molecule has 2 aliphatic carbocycles. The van der Waals surface area contributed by atoms with Gasteiger partial charge in [-0.3, -0.25) is 10.2 Å². The van der Waals surface area contributed by atoms with Crippen molar-refractivity contribution < 1.29 is 0 Å².